The molecule has 35 heavy (non-hydrogen) atoms. The number of aromatic nitrogens is 2. The van der Waals surface area contributed by atoms with Gasteiger partial charge in [-0.2, -0.15) is 0 Å². The minimum absolute atomic E-state index is 0.0640. The number of pyridine rings is 1. The van der Waals surface area contributed by atoms with Crippen molar-refractivity contribution >= 4 is 23.1 Å². The SMILES string of the molecule is COc1ccc(OC)c([C@H]2C3=C(N=c4sc(=Cc5ccncc5)c(=O)n42)c2ccccc2CC3)c1. The Bertz CT molecular complexity index is 1650. The van der Waals surface area contributed by atoms with Crippen molar-refractivity contribution in [3.63, 3.8) is 0 Å². The molecule has 0 fully saturated rings. The number of nitrogens with zero attached hydrogens (tertiary/aromatic N) is 3. The summed E-state index contributed by atoms with van der Waals surface area (Å²) in [6.45, 7) is 0. The molecule has 1 atom stereocenters. The van der Waals surface area contributed by atoms with Crippen LogP contribution in [0.15, 0.2) is 82.4 Å². The van der Waals surface area contributed by atoms with E-state index in [2.05, 4.69) is 23.2 Å². The molecule has 0 saturated heterocycles. The van der Waals surface area contributed by atoms with Crippen molar-refractivity contribution in [3.05, 3.63) is 115 Å². The van der Waals surface area contributed by atoms with Gasteiger partial charge < -0.3 is 9.47 Å². The van der Waals surface area contributed by atoms with Gasteiger partial charge >= 0.3 is 0 Å². The van der Waals surface area contributed by atoms with Gasteiger partial charge in [0.2, 0.25) is 0 Å². The van der Waals surface area contributed by atoms with Crippen LogP contribution in [0.25, 0.3) is 11.8 Å². The number of rotatable bonds is 4. The number of thiazole rings is 1. The van der Waals surface area contributed by atoms with Crippen LogP contribution in [0.1, 0.15) is 34.7 Å². The highest BCUT2D eigenvalue weighted by molar-refractivity contribution is 7.07. The van der Waals surface area contributed by atoms with Gasteiger partial charge in [-0.05, 0) is 65.9 Å². The molecule has 0 spiro atoms. The molecular weight excluding hydrogens is 458 g/mol. The first kappa shape index (κ1) is 21.6. The van der Waals surface area contributed by atoms with Crippen molar-refractivity contribution in [1.29, 1.82) is 0 Å². The average Bonchev–Trinajstić information content (AvgIpc) is 3.21. The minimum Gasteiger partial charge on any atom is -0.497 e. The van der Waals surface area contributed by atoms with E-state index >= 15 is 0 Å². The lowest BCUT2D eigenvalue weighted by Crippen LogP contribution is -2.39. The molecule has 1 aliphatic carbocycles. The van der Waals surface area contributed by atoms with E-state index in [1.165, 1.54) is 16.9 Å². The fourth-order valence-electron chi connectivity index (χ4n) is 4.96. The summed E-state index contributed by atoms with van der Waals surface area (Å²) in [5.41, 5.74) is 6.25. The third-order valence-electron chi connectivity index (χ3n) is 6.61. The third kappa shape index (κ3) is 3.59. The molecule has 0 radical (unpaired) electrons. The molecule has 2 aliphatic rings. The number of benzene rings is 2. The zero-order valence-electron chi connectivity index (χ0n) is 19.4. The summed E-state index contributed by atoms with van der Waals surface area (Å²) in [5.74, 6) is 1.43. The summed E-state index contributed by atoms with van der Waals surface area (Å²) < 4.78 is 13.8. The Morgan fingerprint density at radius 3 is 2.66 bits per heavy atom. The lowest BCUT2D eigenvalue weighted by atomic mass is 9.83. The van der Waals surface area contributed by atoms with Crippen LogP contribution < -0.4 is 24.4 Å². The molecule has 0 saturated carbocycles. The Balaban J connectivity index is 1.67. The van der Waals surface area contributed by atoms with Crippen LogP contribution in [0, 0.1) is 0 Å². The fourth-order valence-corrected chi connectivity index (χ4v) is 5.96. The van der Waals surface area contributed by atoms with E-state index in [0.29, 0.717) is 15.1 Å². The van der Waals surface area contributed by atoms with E-state index in [4.69, 9.17) is 14.5 Å². The van der Waals surface area contributed by atoms with Gasteiger partial charge in [-0.25, -0.2) is 4.99 Å². The number of hydrogen-bond donors (Lipinski definition) is 0. The Kier molecular flexibility index (Phi) is 5.34. The normalized spacial score (nSPS) is 16.7. The molecule has 4 aromatic rings. The van der Waals surface area contributed by atoms with E-state index in [1.54, 1.807) is 26.6 Å². The predicted octanol–water partition coefficient (Wildman–Crippen LogP) is 3.73. The number of fused-ring (bicyclic) bond motifs is 3. The molecule has 2 aromatic carbocycles. The molecule has 2 aromatic heterocycles. The average molecular weight is 482 g/mol. The van der Waals surface area contributed by atoms with Gasteiger partial charge in [0.25, 0.3) is 5.56 Å². The summed E-state index contributed by atoms with van der Waals surface area (Å²) in [6.07, 6.45) is 7.07. The number of ether oxygens (including phenoxy) is 2. The molecule has 3 heterocycles. The maximum absolute atomic E-state index is 13.8. The van der Waals surface area contributed by atoms with Crippen LogP contribution in [0.3, 0.4) is 0 Å². The number of hydrogen-bond acceptors (Lipinski definition) is 6. The molecule has 1 aliphatic heterocycles. The molecule has 174 valence electrons. The van der Waals surface area contributed by atoms with E-state index in [1.807, 2.05) is 47.0 Å². The van der Waals surface area contributed by atoms with E-state index < -0.39 is 0 Å². The van der Waals surface area contributed by atoms with Gasteiger partial charge in [0, 0.05) is 23.5 Å². The predicted molar refractivity (Wildman–Crippen MR) is 137 cm³/mol. The largest absolute Gasteiger partial charge is 0.497 e. The summed E-state index contributed by atoms with van der Waals surface area (Å²) in [7, 11) is 3.30. The van der Waals surface area contributed by atoms with Crippen LogP contribution in [-0.4, -0.2) is 23.8 Å². The maximum Gasteiger partial charge on any atom is 0.271 e. The van der Waals surface area contributed by atoms with Gasteiger partial charge in [-0.3, -0.25) is 14.3 Å². The zero-order chi connectivity index (χ0) is 23.9. The fraction of sp³-hybridized carbons (Fsp3) is 0.179. The van der Waals surface area contributed by atoms with E-state index in [9.17, 15) is 4.79 Å². The third-order valence-corrected chi connectivity index (χ3v) is 7.59. The first-order valence-electron chi connectivity index (χ1n) is 11.4. The minimum atomic E-state index is -0.334. The Morgan fingerprint density at radius 1 is 1.03 bits per heavy atom. The van der Waals surface area contributed by atoms with Crippen molar-refractivity contribution in [2.45, 2.75) is 18.9 Å². The number of aryl methyl sites for hydroxylation is 1. The molecule has 6 rings (SSSR count). The topological polar surface area (TPSA) is 65.7 Å². The number of allylic oxidation sites excluding steroid dienone is 1. The van der Waals surface area contributed by atoms with Crippen LogP contribution in [0.5, 0.6) is 11.5 Å². The molecule has 0 bridgehead atoms. The van der Waals surface area contributed by atoms with Crippen molar-refractivity contribution in [2.24, 2.45) is 4.99 Å². The zero-order valence-corrected chi connectivity index (χ0v) is 20.2. The van der Waals surface area contributed by atoms with Gasteiger partial charge in [-0.15, -0.1) is 0 Å². The van der Waals surface area contributed by atoms with Crippen LogP contribution in [-0.2, 0) is 6.42 Å². The first-order chi connectivity index (χ1) is 17.2. The molecule has 7 heteroatoms. The van der Waals surface area contributed by atoms with Gasteiger partial charge in [-0.1, -0.05) is 35.6 Å². The van der Waals surface area contributed by atoms with E-state index in [-0.39, 0.29) is 11.6 Å². The Hall–Kier alpha value is -3.97. The summed E-state index contributed by atoms with van der Waals surface area (Å²) >= 11 is 1.41. The van der Waals surface area contributed by atoms with Gasteiger partial charge in [0.15, 0.2) is 4.80 Å². The van der Waals surface area contributed by atoms with Crippen molar-refractivity contribution in [2.75, 3.05) is 14.2 Å². The number of methoxy groups -OCH3 is 2. The highest BCUT2D eigenvalue weighted by Gasteiger charge is 2.34. The van der Waals surface area contributed by atoms with E-state index in [0.717, 1.165) is 46.6 Å². The van der Waals surface area contributed by atoms with Crippen molar-refractivity contribution in [3.8, 4) is 11.5 Å². The van der Waals surface area contributed by atoms with Crippen molar-refractivity contribution in [1.82, 2.24) is 9.55 Å². The van der Waals surface area contributed by atoms with Gasteiger partial charge in [0.05, 0.1) is 30.5 Å². The monoisotopic (exact) mass is 481 g/mol. The molecular formula is C28H23N3O3S. The summed E-state index contributed by atoms with van der Waals surface area (Å²) in [6, 6.07) is 17.6. The first-order valence-corrected chi connectivity index (χ1v) is 12.2. The molecule has 0 unspecified atom stereocenters. The Morgan fingerprint density at radius 2 is 1.86 bits per heavy atom. The second-order valence-electron chi connectivity index (χ2n) is 8.50. The second kappa shape index (κ2) is 8.67. The van der Waals surface area contributed by atoms with Gasteiger partial charge in [0.1, 0.15) is 11.5 Å². The highest BCUT2D eigenvalue weighted by Crippen LogP contribution is 2.44. The second-order valence-corrected chi connectivity index (χ2v) is 9.51. The highest BCUT2D eigenvalue weighted by atomic mass is 32.1. The van der Waals surface area contributed by atoms with Crippen LogP contribution in [0.4, 0.5) is 0 Å². The maximum atomic E-state index is 13.8. The lowest BCUT2D eigenvalue weighted by Gasteiger charge is -2.31. The lowest BCUT2D eigenvalue weighted by molar-refractivity contribution is 0.392. The van der Waals surface area contributed by atoms with Crippen LogP contribution in [0.2, 0.25) is 0 Å². The molecule has 6 nitrogen and oxygen atoms in total. The standard InChI is InChI=1S/C28H23N3O3S/c1-33-19-8-10-23(34-2)22(16-19)26-21-9-7-18-5-3-4-6-20(18)25(21)30-28-31(26)27(32)24(35-28)15-17-11-13-29-14-12-17/h3-6,8,10-16,26H,7,9H2,1-2H3/t26-/m1/s1. The molecule has 0 amide bonds. The Labute approximate surface area is 206 Å². The van der Waals surface area contributed by atoms with Crippen LogP contribution >= 0.6 is 11.3 Å². The summed E-state index contributed by atoms with van der Waals surface area (Å²) in [5, 5.41) is 0. The summed E-state index contributed by atoms with van der Waals surface area (Å²) in [4.78, 5) is 23.7. The quantitative estimate of drug-likeness (QED) is 0.446. The molecule has 0 N–H and O–H groups in total. The smallest absolute Gasteiger partial charge is 0.271 e. The van der Waals surface area contributed by atoms with Crippen molar-refractivity contribution < 1.29 is 9.47 Å².